The molecule has 0 atom stereocenters. The highest BCUT2D eigenvalue weighted by atomic mass is 16.5. The lowest BCUT2D eigenvalue weighted by atomic mass is 10.1. The molecule has 0 aliphatic heterocycles. The van der Waals surface area contributed by atoms with Gasteiger partial charge in [0.15, 0.2) is 11.5 Å². The summed E-state index contributed by atoms with van der Waals surface area (Å²) in [7, 11) is 1.66. The van der Waals surface area contributed by atoms with Gasteiger partial charge in [0, 0.05) is 23.4 Å². The Balaban J connectivity index is 1.81. The van der Waals surface area contributed by atoms with E-state index in [2.05, 4.69) is 15.4 Å². The molecule has 0 unspecified atom stereocenters. The summed E-state index contributed by atoms with van der Waals surface area (Å²) in [6.45, 7) is 2.26. The fraction of sp³-hybridized carbons (Fsp3) is 0.143. The summed E-state index contributed by atoms with van der Waals surface area (Å²) < 4.78 is 12.6. The fourth-order valence-corrected chi connectivity index (χ4v) is 3.47. The Hall–Kier alpha value is -3.58. The Morgan fingerprint density at radius 2 is 1.71 bits per heavy atom. The molecule has 0 bridgehead atoms. The van der Waals surface area contributed by atoms with Crippen molar-refractivity contribution in [3.05, 3.63) is 66.1 Å². The van der Waals surface area contributed by atoms with Crippen molar-refractivity contribution in [2.45, 2.75) is 13.5 Å². The minimum absolute atomic E-state index is 0.391. The van der Waals surface area contributed by atoms with Crippen molar-refractivity contribution in [3.8, 4) is 22.6 Å². The molecule has 0 aliphatic carbocycles. The minimum atomic E-state index is 0.391. The molecule has 3 heterocycles. The number of rotatable bonds is 4. The average Bonchev–Trinajstić information content (AvgIpc) is 3.32. The van der Waals surface area contributed by atoms with Crippen LogP contribution in [0.3, 0.4) is 0 Å². The third kappa shape index (κ3) is 2.48. The quantitative estimate of drug-likeness (QED) is 0.474. The Bertz CT molecular complexity index is 1290. The molecular weight excluding hydrogens is 354 g/mol. The van der Waals surface area contributed by atoms with Crippen molar-refractivity contribution in [2.24, 2.45) is 0 Å². The number of ether oxygens (including phenoxy) is 1. The van der Waals surface area contributed by atoms with Crippen LogP contribution in [0.2, 0.25) is 0 Å². The van der Waals surface area contributed by atoms with E-state index in [1.165, 1.54) is 0 Å². The number of nitrogens with zero attached hydrogens (tertiary/aromatic N) is 5. The first kappa shape index (κ1) is 16.6. The van der Waals surface area contributed by atoms with Gasteiger partial charge in [-0.25, -0.2) is 0 Å². The molecule has 28 heavy (non-hydrogen) atoms. The van der Waals surface area contributed by atoms with Crippen LogP contribution < -0.4 is 0 Å². The van der Waals surface area contributed by atoms with Gasteiger partial charge < -0.3 is 9.26 Å². The molecule has 0 N–H and O–H groups in total. The Morgan fingerprint density at radius 3 is 2.50 bits per heavy atom. The summed E-state index contributed by atoms with van der Waals surface area (Å²) in [4.78, 5) is 0. The summed E-state index contributed by atoms with van der Waals surface area (Å²) in [5.41, 5.74) is 3.96. The van der Waals surface area contributed by atoms with Crippen molar-refractivity contribution in [1.29, 1.82) is 0 Å². The molecule has 0 saturated heterocycles. The standard InChI is InChI=1S/C21H17N5O2/c1-13-18(19(25-28-13)14-8-4-3-5-9-14)21-23-22-20-16-11-7-6-10-15(16)17(12-27-2)24-26(20)21/h3-11H,12H2,1-2H3. The lowest BCUT2D eigenvalue weighted by Crippen LogP contribution is -2.03. The van der Waals surface area contributed by atoms with Crippen LogP contribution in [0.1, 0.15) is 11.5 Å². The van der Waals surface area contributed by atoms with Gasteiger partial charge in [0.05, 0.1) is 17.9 Å². The normalized spacial score (nSPS) is 11.5. The maximum Gasteiger partial charge on any atom is 0.191 e. The molecule has 5 rings (SSSR count). The van der Waals surface area contributed by atoms with Crippen LogP contribution in [-0.4, -0.2) is 32.1 Å². The highest BCUT2D eigenvalue weighted by molar-refractivity contribution is 5.95. The van der Waals surface area contributed by atoms with E-state index >= 15 is 0 Å². The summed E-state index contributed by atoms with van der Waals surface area (Å²) in [6, 6.07) is 17.9. The predicted octanol–water partition coefficient (Wildman–Crippen LogP) is 4.05. The molecule has 0 spiro atoms. The molecule has 0 radical (unpaired) electrons. The van der Waals surface area contributed by atoms with Crippen LogP contribution in [0.25, 0.3) is 39.1 Å². The molecule has 0 fully saturated rings. The fourth-order valence-electron chi connectivity index (χ4n) is 3.47. The number of aromatic nitrogens is 5. The molecule has 138 valence electrons. The SMILES string of the molecule is COCc1nn2c(-c3c(-c4ccccc4)noc3C)nnc2c2ccccc12. The number of benzene rings is 2. The summed E-state index contributed by atoms with van der Waals surface area (Å²) in [5.74, 6) is 1.26. The largest absolute Gasteiger partial charge is 0.378 e. The van der Waals surface area contributed by atoms with Crippen molar-refractivity contribution >= 4 is 16.4 Å². The van der Waals surface area contributed by atoms with Crippen LogP contribution in [0, 0.1) is 6.92 Å². The monoisotopic (exact) mass is 371 g/mol. The first-order chi connectivity index (χ1) is 13.8. The van der Waals surface area contributed by atoms with Gasteiger partial charge in [-0.15, -0.1) is 10.2 Å². The van der Waals surface area contributed by atoms with Crippen LogP contribution >= 0.6 is 0 Å². The Kier molecular flexibility index (Phi) is 3.87. The number of hydrogen-bond donors (Lipinski definition) is 0. The van der Waals surface area contributed by atoms with E-state index in [-0.39, 0.29) is 0 Å². The van der Waals surface area contributed by atoms with E-state index in [4.69, 9.17) is 14.4 Å². The lowest BCUT2D eigenvalue weighted by molar-refractivity contribution is 0.181. The third-order valence-corrected chi connectivity index (χ3v) is 4.75. The van der Waals surface area contributed by atoms with Crippen LogP contribution in [0.4, 0.5) is 0 Å². The third-order valence-electron chi connectivity index (χ3n) is 4.75. The molecule has 2 aromatic carbocycles. The van der Waals surface area contributed by atoms with Crippen molar-refractivity contribution in [1.82, 2.24) is 25.0 Å². The zero-order valence-corrected chi connectivity index (χ0v) is 15.5. The van der Waals surface area contributed by atoms with Crippen molar-refractivity contribution in [2.75, 3.05) is 7.11 Å². The van der Waals surface area contributed by atoms with Gasteiger partial charge in [-0.3, -0.25) is 0 Å². The van der Waals surface area contributed by atoms with E-state index in [0.29, 0.717) is 23.8 Å². The highest BCUT2D eigenvalue weighted by Gasteiger charge is 2.23. The number of aryl methyl sites for hydroxylation is 1. The van der Waals surface area contributed by atoms with Crippen LogP contribution in [-0.2, 0) is 11.3 Å². The molecule has 7 nitrogen and oxygen atoms in total. The average molecular weight is 371 g/mol. The minimum Gasteiger partial charge on any atom is -0.378 e. The van der Waals surface area contributed by atoms with Crippen molar-refractivity contribution < 1.29 is 9.26 Å². The lowest BCUT2D eigenvalue weighted by Gasteiger charge is -2.07. The second-order valence-corrected chi connectivity index (χ2v) is 6.51. The van der Waals surface area contributed by atoms with E-state index < -0.39 is 0 Å². The van der Waals surface area contributed by atoms with Gasteiger partial charge in [-0.05, 0) is 6.92 Å². The van der Waals surface area contributed by atoms with Gasteiger partial charge in [0.25, 0.3) is 0 Å². The first-order valence-electron chi connectivity index (χ1n) is 8.92. The second kappa shape index (κ2) is 6.54. The molecule has 3 aromatic heterocycles. The topological polar surface area (TPSA) is 78.3 Å². The summed E-state index contributed by atoms with van der Waals surface area (Å²) in [5, 5.41) is 19.9. The second-order valence-electron chi connectivity index (χ2n) is 6.51. The van der Waals surface area contributed by atoms with Gasteiger partial charge in [-0.2, -0.15) is 9.61 Å². The van der Waals surface area contributed by atoms with Gasteiger partial charge in [0.1, 0.15) is 11.5 Å². The summed E-state index contributed by atoms with van der Waals surface area (Å²) >= 11 is 0. The predicted molar refractivity (Wildman–Crippen MR) is 105 cm³/mol. The molecule has 0 aliphatic rings. The number of methoxy groups -OCH3 is 1. The molecular formula is C21H17N5O2. The molecule has 7 heteroatoms. The van der Waals surface area contributed by atoms with E-state index in [0.717, 1.165) is 33.3 Å². The Morgan fingerprint density at radius 1 is 0.964 bits per heavy atom. The van der Waals surface area contributed by atoms with Crippen LogP contribution in [0.15, 0.2) is 59.1 Å². The van der Waals surface area contributed by atoms with Gasteiger partial charge in [0.2, 0.25) is 0 Å². The zero-order chi connectivity index (χ0) is 19.1. The van der Waals surface area contributed by atoms with Crippen molar-refractivity contribution in [3.63, 3.8) is 0 Å². The smallest absolute Gasteiger partial charge is 0.191 e. The maximum atomic E-state index is 5.50. The first-order valence-corrected chi connectivity index (χ1v) is 8.92. The summed E-state index contributed by atoms with van der Waals surface area (Å²) in [6.07, 6.45) is 0. The zero-order valence-electron chi connectivity index (χ0n) is 15.5. The van der Waals surface area contributed by atoms with Gasteiger partial charge in [-0.1, -0.05) is 59.8 Å². The Labute approximate surface area is 160 Å². The maximum absolute atomic E-state index is 5.50. The molecule has 0 saturated carbocycles. The highest BCUT2D eigenvalue weighted by Crippen LogP contribution is 2.34. The number of hydrogen-bond acceptors (Lipinski definition) is 6. The van der Waals surface area contributed by atoms with E-state index in [1.54, 1.807) is 11.6 Å². The van der Waals surface area contributed by atoms with Crippen LogP contribution in [0.5, 0.6) is 0 Å². The molecule has 5 aromatic rings. The molecule has 0 amide bonds. The van der Waals surface area contributed by atoms with Gasteiger partial charge >= 0.3 is 0 Å². The number of fused-ring (bicyclic) bond motifs is 3. The van der Waals surface area contributed by atoms with E-state index in [1.807, 2.05) is 61.5 Å². The van der Waals surface area contributed by atoms with E-state index in [9.17, 15) is 0 Å².